The minimum absolute atomic E-state index is 0.174. The van der Waals surface area contributed by atoms with Crippen LogP contribution in [0.4, 0.5) is 0 Å². The molecule has 0 aromatic carbocycles. The van der Waals surface area contributed by atoms with Gasteiger partial charge < -0.3 is 14.2 Å². The molecule has 5 nitrogen and oxygen atoms in total. The second kappa shape index (κ2) is 13.1. The number of hydrogen-bond acceptors (Lipinski definition) is 4. The molecule has 0 bridgehead atoms. The predicted molar refractivity (Wildman–Crippen MR) is 92.5 cm³/mol. The highest BCUT2D eigenvalue weighted by atomic mass is 31.2. The Morgan fingerprint density at radius 3 is 1.96 bits per heavy atom. The van der Waals surface area contributed by atoms with E-state index in [9.17, 15) is 14.5 Å². The van der Waals surface area contributed by atoms with E-state index in [2.05, 4.69) is 25.0 Å². The zero-order chi connectivity index (χ0) is 17.6. The third-order valence-electron chi connectivity index (χ3n) is 2.98. The van der Waals surface area contributed by atoms with Crippen LogP contribution in [0.5, 0.6) is 0 Å². The molecule has 0 saturated carbocycles. The SMILES string of the molecule is C=CCCCCOP(=O)(OCCCCC=C)C(C#CC)C(=O)O. The molecule has 0 radical (unpaired) electrons. The van der Waals surface area contributed by atoms with Gasteiger partial charge in [0.15, 0.2) is 0 Å². The van der Waals surface area contributed by atoms with E-state index in [0.717, 1.165) is 25.7 Å². The van der Waals surface area contributed by atoms with Crippen LogP contribution in [0.2, 0.25) is 0 Å². The van der Waals surface area contributed by atoms with Gasteiger partial charge in [-0.25, -0.2) is 0 Å². The molecule has 0 amide bonds. The molecule has 0 aliphatic carbocycles. The van der Waals surface area contributed by atoms with Crippen molar-refractivity contribution < 1.29 is 23.5 Å². The fourth-order valence-corrected chi connectivity index (χ4v) is 3.46. The van der Waals surface area contributed by atoms with Gasteiger partial charge in [0, 0.05) is 0 Å². The first-order valence-corrected chi connectivity index (χ1v) is 9.38. The van der Waals surface area contributed by atoms with Crippen LogP contribution in [-0.2, 0) is 18.4 Å². The van der Waals surface area contributed by atoms with Crippen molar-refractivity contribution in [2.75, 3.05) is 13.2 Å². The fourth-order valence-electron chi connectivity index (χ4n) is 1.76. The molecule has 0 rings (SSSR count). The van der Waals surface area contributed by atoms with Crippen molar-refractivity contribution >= 4 is 13.6 Å². The van der Waals surface area contributed by atoms with Crippen LogP contribution in [0, 0.1) is 11.8 Å². The largest absolute Gasteiger partial charge is 0.480 e. The molecule has 1 N–H and O–H groups in total. The van der Waals surface area contributed by atoms with Gasteiger partial charge in [0.1, 0.15) is 0 Å². The van der Waals surface area contributed by atoms with Crippen molar-refractivity contribution in [3.63, 3.8) is 0 Å². The average molecular weight is 342 g/mol. The fraction of sp³-hybridized carbons (Fsp3) is 0.588. The highest BCUT2D eigenvalue weighted by molar-refractivity contribution is 7.56. The molecular formula is C17H27O5P. The summed E-state index contributed by atoms with van der Waals surface area (Å²) in [4.78, 5) is 11.3. The summed E-state index contributed by atoms with van der Waals surface area (Å²) in [5, 5.41) is 9.26. The Morgan fingerprint density at radius 2 is 1.61 bits per heavy atom. The molecule has 23 heavy (non-hydrogen) atoms. The monoisotopic (exact) mass is 342 g/mol. The maximum Gasteiger partial charge on any atom is 0.356 e. The van der Waals surface area contributed by atoms with E-state index in [1.54, 1.807) is 12.2 Å². The smallest absolute Gasteiger partial charge is 0.356 e. The number of unbranched alkanes of at least 4 members (excludes halogenated alkanes) is 4. The Balaban J connectivity index is 4.75. The minimum Gasteiger partial charge on any atom is -0.480 e. The Labute approximate surface area is 139 Å². The number of rotatable bonds is 14. The molecule has 0 aliphatic heterocycles. The van der Waals surface area contributed by atoms with Crippen LogP contribution in [0.1, 0.15) is 45.4 Å². The number of carbonyl (C=O) groups is 1. The number of allylic oxidation sites excluding steroid dienone is 2. The van der Waals surface area contributed by atoms with Gasteiger partial charge in [-0.15, -0.1) is 19.1 Å². The number of hydrogen-bond donors (Lipinski definition) is 1. The number of aliphatic carboxylic acids is 1. The lowest BCUT2D eigenvalue weighted by molar-refractivity contribution is -0.135. The zero-order valence-corrected chi connectivity index (χ0v) is 14.7. The summed E-state index contributed by atoms with van der Waals surface area (Å²) in [6, 6.07) is 0. The second-order valence-electron chi connectivity index (χ2n) is 4.91. The van der Waals surface area contributed by atoms with Gasteiger partial charge in [-0.05, 0) is 45.4 Å². The third-order valence-corrected chi connectivity index (χ3v) is 5.05. The van der Waals surface area contributed by atoms with Gasteiger partial charge in [0.2, 0.25) is 5.66 Å². The lowest BCUT2D eigenvalue weighted by Gasteiger charge is -2.21. The first-order valence-electron chi connectivity index (χ1n) is 7.77. The van der Waals surface area contributed by atoms with Crippen molar-refractivity contribution in [1.82, 2.24) is 0 Å². The maximum absolute atomic E-state index is 12.8. The molecule has 0 aliphatic rings. The molecule has 1 unspecified atom stereocenters. The molecule has 0 fully saturated rings. The number of carboxylic acid groups (broad SMARTS) is 1. The second-order valence-corrected chi connectivity index (χ2v) is 7.02. The highest BCUT2D eigenvalue weighted by Crippen LogP contribution is 2.53. The summed E-state index contributed by atoms with van der Waals surface area (Å²) in [5.41, 5.74) is -1.45. The van der Waals surface area contributed by atoms with Gasteiger partial charge >= 0.3 is 13.6 Å². The van der Waals surface area contributed by atoms with Crippen molar-refractivity contribution in [2.45, 2.75) is 51.1 Å². The van der Waals surface area contributed by atoms with E-state index in [0.29, 0.717) is 12.8 Å². The Kier molecular flexibility index (Phi) is 12.4. The van der Waals surface area contributed by atoms with Crippen molar-refractivity contribution in [3.8, 4) is 11.8 Å². The van der Waals surface area contributed by atoms with E-state index in [-0.39, 0.29) is 13.2 Å². The summed E-state index contributed by atoms with van der Waals surface area (Å²) in [6.45, 7) is 9.09. The average Bonchev–Trinajstić information content (AvgIpc) is 2.52. The lowest BCUT2D eigenvalue weighted by Crippen LogP contribution is -2.22. The summed E-state index contributed by atoms with van der Waals surface area (Å²) in [5.74, 6) is 3.63. The summed E-state index contributed by atoms with van der Waals surface area (Å²) in [7, 11) is -3.82. The summed E-state index contributed by atoms with van der Waals surface area (Å²) in [6.07, 6.45) is 8.21. The first kappa shape index (κ1) is 21.7. The van der Waals surface area contributed by atoms with E-state index in [1.807, 2.05) is 0 Å². The quantitative estimate of drug-likeness (QED) is 0.219. The molecule has 0 aromatic rings. The standard InChI is InChI=1S/C17H27O5P/c1-4-7-9-11-14-21-23(20,16(13-6-3)17(18)19)22-15-12-10-8-5-2/h4-5,16H,1-2,7-12,14-15H2,3H3,(H,18,19). The van der Waals surface area contributed by atoms with E-state index < -0.39 is 19.2 Å². The normalized spacial score (nSPS) is 12.0. The molecule has 0 heterocycles. The van der Waals surface area contributed by atoms with Crippen LogP contribution in [0.15, 0.2) is 25.3 Å². The predicted octanol–water partition coefficient (Wildman–Crippen LogP) is 4.40. The molecule has 0 spiro atoms. The van der Waals surface area contributed by atoms with Crippen LogP contribution in [-0.4, -0.2) is 29.9 Å². The van der Waals surface area contributed by atoms with E-state index >= 15 is 0 Å². The van der Waals surface area contributed by atoms with Crippen molar-refractivity contribution in [2.24, 2.45) is 0 Å². The molecule has 0 saturated heterocycles. The summed E-state index contributed by atoms with van der Waals surface area (Å²) < 4.78 is 23.6. The lowest BCUT2D eigenvalue weighted by atomic mass is 10.2. The van der Waals surface area contributed by atoms with E-state index in [4.69, 9.17) is 9.05 Å². The van der Waals surface area contributed by atoms with Gasteiger partial charge in [0.25, 0.3) is 0 Å². The molecular weight excluding hydrogens is 315 g/mol. The first-order chi connectivity index (χ1) is 11.0. The summed E-state index contributed by atoms with van der Waals surface area (Å²) >= 11 is 0. The van der Waals surface area contributed by atoms with Crippen LogP contribution in [0.25, 0.3) is 0 Å². The number of carboxylic acids is 1. The Morgan fingerprint density at radius 1 is 1.13 bits per heavy atom. The van der Waals surface area contributed by atoms with Crippen LogP contribution < -0.4 is 0 Å². The van der Waals surface area contributed by atoms with Gasteiger partial charge in [0.05, 0.1) is 13.2 Å². The van der Waals surface area contributed by atoms with Crippen molar-refractivity contribution in [3.05, 3.63) is 25.3 Å². The van der Waals surface area contributed by atoms with E-state index in [1.165, 1.54) is 6.92 Å². The molecule has 1 atom stereocenters. The Hall–Kier alpha value is -1.34. The Bertz CT molecular complexity index is 453. The van der Waals surface area contributed by atoms with Crippen LogP contribution >= 0.6 is 7.60 Å². The maximum atomic E-state index is 12.8. The molecule has 130 valence electrons. The molecule has 6 heteroatoms. The van der Waals surface area contributed by atoms with Crippen molar-refractivity contribution in [1.29, 1.82) is 0 Å². The van der Waals surface area contributed by atoms with Crippen LogP contribution in [0.3, 0.4) is 0 Å². The van der Waals surface area contributed by atoms with Gasteiger partial charge in [-0.3, -0.25) is 9.36 Å². The third kappa shape index (κ3) is 9.40. The topological polar surface area (TPSA) is 72.8 Å². The highest BCUT2D eigenvalue weighted by Gasteiger charge is 2.40. The van der Waals surface area contributed by atoms with Gasteiger partial charge in [-0.2, -0.15) is 0 Å². The minimum atomic E-state index is -3.82. The molecule has 0 aromatic heterocycles. The zero-order valence-electron chi connectivity index (χ0n) is 13.8. The van der Waals surface area contributed by atoms with Gasteiger partial charge in [-0.1, -0.05) is 18.1 Å².